The second kappa shape index (κ2) is 5.92. The molecule has 0 atom stereocenters. The van der Waals surface area contributed by atoms with E-state index in [9.17, 15) is 0 Å². The van der Waals surface area contributed by atoms with Crippen LogP contribution in [0.15, 0.2) is 48.5 Å². The van der Waals surface area contributed by atoms with Gasteiger partial charge in [-0.2, -0.15) is 5.26 Å². The lowest BCUT2D eigenvalue weighted by Gasteiger charge is -2.25. The van der Waals surface area contributed by atoms with E-state index in [1.165, 1.54) is 0 Å². The van der Waals surface area contributed by atoms with E-state index in [0.717, 1.165) is 22.6 Å². The largest absolute Gasteiger partial charge is 0.397 e. The lowest BCUT2D eigenvalue weighted by molar-refractivity contribution is 0.948. The number of hydrogen-bond acceptors (Lipinski definition) is 3. The zero-order valence-corrected chi connectivity index (χ0v) is 11.0. The van der Waals surface area contributed by atoms with Crippen LogP contribution in [0.5, 0.6) is 0 Å². The normalized spacial score (nSPS) is 9.89. The molecule has 0 saturated carbocycles. The van der Waals surface area contributed by atoms with E-state index in [1.54, 1.807) is 0 Å². The van der Waals surface area contributed by atoms with Crippen molar-refractivity contribution in [2.75, 3.05) is 17.2 Å². The van der Waals surface area contributed by atoms with E-state index in [0.29, 0.717) is 13.0 Å². The number of anilines is 3. The van der Waals surface area contributed by atoms with Crippen LogP contribution in [0.3, 0.4) is 0 Å². The van der Waals surface area contributed by atoms with Crippen LogP contribution < -0.4 is 10.6 Å². The molecule has 3 heteroatoms. The van der Waals surface area contributed by atoms with Gasteiger partial charge in [0.15, 0.2) is 0 Å². The number of nitriles is 1. The average Bonchev–Trinajstić information content (AvgIpc) is 2.44. The van der Waals surface area contributed by atoms with E-state index in [-0.39, 0.29) is 0 Å². The van der Waals surface area contributed by atoms with Crippen LogP contribution in [-0.4, -0.2) is 6.54 Å². The molecule has 0 bridgehead atoms. The zero-order chi connectivity index (χ0) is 13.7. The molecule has 2 rings (SSSR count). The molecular weight excluding hydrogens is 234 g/mol. The summed E-state index contributed by atoms with van der Waals surface area (Å²) in [6, 6.07) is 18.2. The SMILES string of the molecule is Cc1ccc(N)c(N(CCC#N)c2ccccc2)c1. The Bertz CT molecular complexity index is 585. The molecule has 2 N–H and O–H groups in total. The van der Waals surface area contributed by atoms with Gasteiger partial charge < -0.3 is 10.6 Å². The third-order valence-electron chi connectivity index (χ3n) is 2.99. The molecule has 0 unspecified atom stereocenters. The molecule has 96 valence electrons. The molecule has 0 aliphatic carbocycles. The Hall–Kier alpha value is -2.47. The summed E-state index contributed by atoms with van der Waals surface area (Å²) < 4.78 is 0. The third kappa shape index (κ3) is 3.05. The predicted octanol–water partition coefficient (Wildman–Crippen LogP) is 3.63. The fraction of sp³-hybridized carbons (Fsp3) is 0.188. The van der Waals surface area contributed by atoms with Gasteiger partial charge in [-0.15, -0.1) is 0 Å². The van der Waals surface area contributed by atoms with Gasteiger partial charge in [0.05, 0.1) is 23.9 Å². The molecule has 0 saturated heterocycles. The second-order valence-corrected chi connectivity index (χ2v) is 4.46. The van der Waals surface area contributed by atoms with Gasteiger partial charge in [0.1, 0.15) is 0 Å². The number of para-hydroxylation sites is 1. The second-order valence-electron chi connectivity index (χ2n) is 4.46. The molecule has 0 aliphatic rings. The van der Waals surface area contributed by atoms with Crippen molar-refractivity contribution < 1.29 is 0 Å². The van der Waals surface area contributed by atoms with E-state index < -0.39 is 0 Å². The van der Waals surface area contributed by atoms with Gasteiger partial charge in [-0.1, -0.05) is 24.3 Å². The van der Waals surface area contributed by atoms with Crippen LogP contribution in [0.25, 0.3) is 0 Å². The minimum atomic E-state index is 0.461. The van der Waals surface area contributed by atoms with Crippen molar-refractivity contribution in [2.24, 2.45) is 0 Å². The first kappa shape index (κ1) is 13.0. The molecule has 3 nitrogen and oxygen atoms in total. The summed E-state index contributed by atoms with van der Waals surface area (Å²) in [4.78, 5) is 2.09. The van der Waals surface area contributed by atoms with Gasteiger partial charge in [0.25, 0.3) is 0 Å². The van der Waals surface area contributed by atoms with Gasteiger partial charge in [-0.25, -0.2) is 0 Å². The number of aryl methyl sites for hydroxylation is 1. The molecule has 2 aromatic rings. The number of nitrogen functional groups attached to an aromatic ring is 1. The number of benzene rings is 2. The molecule has 0 radical (unpaired) electrons. The first-order chi connectivity index (χ1) is 9.22. The highest BCUT2D eigenvalue weighted by Crippen LogP contribution is 2.31. The highest BCUT2D eigenvalue weighted by atomic mass is 15.1. The summed E-state index contributed by atoms with van der Waals surface area (Å²) in [5, 5.41) is 8.82. The Morgan fingerprint density at radius 2 is 1.89 bits per heavy atom. The highest BCUT2D eigenvalue weighted by molar-refractivity contribution is 5.75. The van der Waals surface area contributed by atoms with Gasteiger partial charge >= 0.3 is 0 Å². The molecule has 0 spiro atoms. The van der Waals surface area contributed by atoms with Gasteiger partial charge in [0, 0.05) is 12.2 Å². The molecule has 0 fully saturated rings. The van der Waals surface area contributed by atoms with Crippen molar-refractivity contribution >= 4 is 17.1 Å². The number of nitrogens with two attached hydrogens (primary N) is 1. The smallest absolute Gasteiger partial charge is 0.0647 e. The molecule has 0 heterocycles. The maximum absolute atomic E-state index is 8.82. The van der Waals surface area contributed by atoms with Crippen LogP contribution in [0.2, 0.25) is 0 Å². The lowest BCUT2D eigenvalue weighted by Crippen LogP contribution is -2.19. The minimum Gasteiger partial charge on any atom is -0.397 e. The van der Waals surface area contributed by atoms with E-state index >= 15 is 0 Å². The predicted molar refractivity (Wildman–Crippen MR) is 79.3 cm³/mol. The Balaban J connectivity index is 2.43. The van der Waals surface area contributed by atoms with E-state index in [4.69, 9.17) is 11.0 Å². The number of nitrogens with zero attached hydrogens (tertiary/aromatic N) is 2. The Labute approximate surface area is 113 Å². The summed E-state index contributed by atoms with van der Waals surface area (Å²) in [7, 11) is 0. The van der Waals surface area contributed by atoms with E-state index in [2.05, 4.69) is 17.0 Å². The lowest BCUT2D eigenvalue weighted by atomic mass is 10.1. The van der Waals surface area contributed by atoms with Gasteiger partial charge in [-0.3, -0.25) is 0 Å². The maximum Gasteiger partial charge on any atom is 0.0647 e. The Morgan fingerprint density at radius 1 is 1.16 bits per heavy atom. The quantitative estimate of drug-likeness (QED) is 0.844. The maximum atomic E-state index is 8.82. The van der Waals surface area contributed by atoms with Crippen molar-refractivity contribution in [3.63, 3.8) is 0 Å². The summed E-state index contributed by atoms with van der Waals surface area (Å²) >= 11 is 0. The minimum absolute atomic E-state index is 0.461. The topological polar surface area (TPSA) is 53.0 Å². The third-order valence-corrected chi connectivity index (χ3v) is 2.99. The van der Waals surface area contributed by atoms with Crippen molar-refractivity contribution in [3.8, 4) is 6.07 Å². The van der Waals surface area contributed by atoms with Gasteiger partial charge in [0.2, 0.25) is 0 Å². The summed E-state index contributed by atoms with van der Waals surface area (Å²) in [5.41, 5.74) is 9.97. The summed E-state index contributed by atoms with van der Waals surface area (Å²) in [6.45, 7) is 2.67. The van der Waals surface area contributed by atoms with Crippen LogP contribution >= 0.6 is 0 Å². The summed E-state index contributed by atoms with van der Waals surface area (Å²) in [5.74, 6) is 0. The molecule has 0 aromatic heterocycles. The Morgan fingerprint density at radius 3 is 2.58 bits per heavy atom. The summed E-state index contributed by atoms with van der Waals surface area (Å²) in [6.07, 6.45) is 0.461. The molecule has 0 aliphatic heterocycles. The zero-order valence-electron chi connectivity index (χ0n) is 11.0. The first-order valence-electron chi connectivity index (χ1n) is 6.28. The monoisotopic (exact) mass is 251 g/mol. The van der Waals surface area contributed by atoms with Crippen LogP contribution in [0, 0.1) is 18.3 Å². The Kier molecular flexibility index (Phi) is 4.04. The highest BCUT2D eigenvalue weighted by Gasteiger charge is 2.11. The van der Waals surface area contributed by atoms with Crippen LogP contribution in [0.4, 0.5) is 17.1 Å². The van der Waals surface area contributed by atoms with Crippen molar-refractivity contribution in [1.29, 1.82) is 5.26 Å². The van der Waals surface area contributed by atoms with Crippen molar-refractivity contribution in [3.05, 3.63) is 54.1 Å². The van der Waals surface area contributed by atoms with Crippen molar-refractivity contribution in [2.45, 2.75) is 13.3 Å². The average molecular weight is 251 g/mol. The molecule has 0 amide bonds. The fourth-order valence-corrected chi connectivity index (χ4v) is 2.05. The molecular formula is C16H17N3. The van der Waals surface area contributed by atoms with Crippen molar-refractivity contribution in [1.82, 2.24) is 0 Å². The molecule has 2 aromatic carbocycles. The fourth-order valence-electron chi connectivity index (χ4n) is 2.05. The standard InChI is InChI=1S/C16H17N3/c1-13-8-9-15(18)16(12-13)19(11-5-10-17)14-6-3-2-4-7-14/h2-4,6-9,12H,5,11,18H2,1H3. The number of rotatable bonds is 4. The van der Waals surface area contributed by atoms with Gasteiger partial charge in [-0.05, 0) is 36.8 Å². The van der Waals surface area contributed by atoms with Crippen LogP contribution in [-0.2, 0) is 0 Å². The van der Waals surface area contributed by atoms with E-state index in [1.807, 2.05) is 49.4 Å². The first-order valence-corrected chi connectivity index (χ1v) is 6.28. The molecule has 19 heavy (non-hydrogen) atoms. The van der Waals surface area contributed by atoms with Crippen LogP contribution in [0.1, 0.15) is 12.0 Å². The number of hydrogen-bond donors (Lipinski definition) is 1.